The average molecular weight is 440 g/mol. The van der Waals surface area contributed by atoms with Crippen LogP contribution in [0, 0.1) is 9.62 Å². The number of hydrogen-bond acceptors (Lipinski definition) is 3. The van der Waals surface area contributed by atoms with Crippen molar-refractivity contribution in [3.63, 3.8) is 0 Å². The van der Waals surface area contributed by atoms with Crippen LogP contribution in [0.3, 0.4) is 0 Å². The van der Waals surface area contributed by atoms with Crippen LogP contribution in [0.5, 0.6) is 0 Å². The van der Waals surface area contributed by atoms with E-state index in [0.717, 1.165) is 24.7 Å². The summed E-state index contributed by atoms with van der Waals surface area (Å²) in [4.78, 5) is 4.48. The summed E-state index contributed by atoms with van der Waals surface area (Å²) in [7, 11) is 0. The first-order chi connectivity index (χ1) is 8.75. The second-order valence-electron chi connectivity index (χ2n) is 4.68. The molecule has 0 spiro atoms. The molecular formula is C12H15BrIN3S. The summed E-state index contributed by atoms with van der Waals surface area (Å²) < 4.78 is 4.63. The van der Waals surface area contributed by atoms with Gasteiger partial charge < -0.3 is 0 Å². The van der Waals surface area contributed by atoms with E-state index in [1.165, 1.54) is 32.7 Å². The predicted octanol–water partition coefficient (Wildman–Crippen LogP) is 3.36. The lowest BCUT2D eigenvalue weighted by Crippen LogP contribution is -2.41. The highest BCUT2D eigenvalue weighted by molar-refractivity contribution is 14.1. The fourth-order valence-corrected chi connectivity index (χ4v) is 4.82. The summed E-state index contributed by atoms with van der Waals surface area (Å²) in [5.41, 5.74) is 0. The fourth-order valence-electron chi connectivity index (χ4n) is 2.47. The van der Waals surface area contributed by atoms with Crippen LogP contribution in [0.15, 0.2) is 16.9 Å². The lowest BCUT2D eigenvalue weighted by molar-refractivity contribution is 0.448. The Morgan fingerprint density at radius 1 is 1.44 bits per heavy atom. The molecule has 0 aromatic carbocycles. The Morgan fingerprint density at radius 2 is 2.22 bits per heavy atom. The highest BCUT2D eigenvalue weighted by Gasteiger charge is 2.24. The molecule has 0 bridgehead atoms. The molecule has 3 nitrogen and oxygen atoms in total. The largest absolute Gasteiger partial charge is 0.272 e. The molecule has 3 heterocycles. The zero-order valence-electron chi connectivity index (χ0n) is 9.98. The van der Waals surface area contributed by atoms with Crippen LogP contribution in [-0.4, -0.2) is 27.7 Å². The van der Waals surface area contributed by atoms with E-state index in [2.05, 4.69) is 71.0 Å². The average Bonchev–Trinajstić information content (AvgIpc) is 2.76. The molecule has 1 saturated heterocycles. The van der Waals surface area contributed by atoms with E-state index >= 15 is 0 Å². The van der Waals surface area contributed by atoms with Gasteiger partial charge in [-0.1, -0.05) is 0 Å². The first-order valence-electron chi connectivity index (χ1n) is 6.19. The minimum Gasteiger partial charge on any atom is -0.272 e. The van der Waals surface area contributed by atoms with Gasteiger partial charge in [0.25, 0.3) is 0 Å². The van der Waals surface area contributed by atoms with E-state index in [4.69, 9.17) is 0 Å². The molecule has 0 atom stereocenters. The number of halogens is 2. The van der Waals surface area contributed by atoms with Crippen molar-refractivity contribution in [1.82, 2.24) is 9.66 Å². The first-order valence-corrected chi connectivity index (χ1v) is 9.21. The van der Waals surface area contributed by atoms with Gasteiger partial charge in [-0.25, -0.2) is 9.66 Å². The zero-order valence-corrected chi connectivity index (χ0v) is 14.5. The number of fused-ring (bicyclic) bond motifs is 1. The molecule has 98 valence electrons. The lowest BCUT2D eigenvalue weighted by atomic mass is 10.0. The minimum atomic E-state index is 0.802. The number of nitrogens with zero attached hydrogens (tertiary/aromatic N) is 3. The minimum absolute atomic E-state index is 0.802. The fraction of sp³-hybridized carbons (Fsp3) is 0.583. The topological polar surface area (TPSA) is 21.1 Å². The van der Waals surface area contributed by atoms with Gasteiger partial charge in [-0.2, -0.15) is 11.8 Å². The Kier molecular flexibility index (Phi) is 4.25. The van der Waals surface area contributed by atoms with Crippen molar-refractivity contribution >= 4 is 50.3 Å². The third-order valence-electron chi connectivity index (χ3n) is 3.48. The summed E-state index contributed by atoms with van der Waals surface area (Å²) >= 11 is 8.15. The molecule has 3 rings (SSSR count). The Bertz CT molecular complexity index is 468. The molecule has 0 unspecified atom stereocenters. The molecule has 1 aromatic heterocycles. The molecule has 1 aromatic rings. The van der Waals surface area contributed by atoms with Gasteiger partial charge in [-0.15, -0.1) is 0 Å². The summed E-state index contributed by atoms with van der Waals surface area (Å²) in [6.07, 6.45) is 7.76. The smallest absolute Gasteiger partial charge is 0.133 e. The van der Waals surface area contributed by atoms with Crippen LogP contribution in [0.4, 0.5) is 0 Å². The molecule has 0 amide bonds. The highest BCUT2D eigenvalue weighted by atomic mass is 127. The Balaban J connectivity index is 1.82. The second kappa shape index (κ2) is 5.75. The van der Waals surface area contributed by atoms with Crippen molar-refractivity contribution in [3.8, 4) is 0 Å². The summed E-state index contributed by atoms with van der Waals surface area (Å²) in [5.74, 6) is 4.57. The summed E-state index contributed by atoms with van der Waals surface area (Å²) in [6, 6.07) is 0. The van der Waals surface area contributed by atoms with Gasteiger partial charge in [0.15, 0.2) is 0 Å². The summed E-state index contributed by atoms with van der Waals surface area (Å²) in [6.45, 7) is 1.09. The van der Waals surface area contributed by atoms with Crippen molar-refractivity contribution in [2.24, 2.45) is 5.92 Å². The SMILES string of the molecule is BrC1=CCc2ncc(I)n2N1CC1CCSCC1. The molecule has 0 N–H and O–H groups in total. The number of rotatable bonds is 2. The number of aromatic nitrogens is 2. The van der Waals surface area contributed by atoms with Crippen LogP contribution < -0.4 is 5.01 Å². The van der Waals surface area contributed by atoms with E-state index in [-0.39, 0.29) is 0 Å². The van der Waals surface area contributed by atoms with Crippen LogP contribution in [0.1, 0.15) is 18.7 Å². The molecule has 0 saturated carbocycles. The van der Waals surface area contributed by atoms with Crippen LogP contribution in [-0.2, 0) is 6.42 Å². The van der Waals surface area contributed by atoms with Crippen LogP contribution in [0.2, 0.25) is 0 Å². The van der Waals surface area contributed by atoms with E-state index in [0.29, 0.717) is 0 Å². The molecule has 2 aliphatic heterocycles. The zero-order chi connectivity index (χ0) is 12.5. The summed E-state index contributed by atoms with van der Waals surface area (Å²) in [5, 5.41) is 2.34. The van der Waals surface area contributed by atoms with Gasteiger partial charge in [0, 0.05) is 13.0 Å². The van der Waals surface area contributed by atoms with Crippen LogP contribution in [0.25, 0.3) is 0 Å². The van der Waals surface area contributed by atoms with Gasteiger partial charge in [0.1, 0.15) is 9.53 Å². The van der Waals surface area contributed by atoms with Crippen molar-refractivity contribution in [1.29, 1.82) is 0 Å². The maximum absolute atomic E-state index is 4.48. The van der Waals surface area contributed by atoms with Crippen LogP contribution >= 0.6 is 50.3 Å². The van der Waals surface area contributed by atoms with E-state index in [1.807, 2.05) is 6.20 Å². The number of allylic oxidation sites excluding steroid dienone is 1. The van der Waals surface area contributed by atoms with Gasteiger partial charge in [-0.05, 0) is 74.9 Å². The third-order valence-corrected chi connectivity index (χ3v) is 6.00. The number of imidazole rings is 1. The van der Waals surface area contributed by atoms with Crippen molar-refractivity contribution < 1.29 is 0 Å². The van der Waals surface area contributed by atoms with Crippen molar-refractivity contribution in [2.45, 2.75) is 19.3 Å². The van der Waals surface area contributed by atoms with Crippen molar-refractivity contribution in [2.75, 3.05) is 23.1 Å². The predicted molar refractivity (Wildman–Crippen MR) is 88.8 cm³/mol. The van der Waals surface area contributed by atoms with Gasteiger partial charge in [0.05, 0.1) is 10.8 Å². The molecular weight excluding hydrogens is 425 g/mol. The quantitative estimate of drug-likeness (QED) is 0.520. The molecule has 6 heteroatoms. The molecule has 0 radical (unpaired) electrons. The van der Waals surface area contributed by atoms with Gasteiger partial charge in [-0.3, -0.25) is 5.01 Å². The van der Waals surface area contributed by atoms with E-state index in [9.17, 15) is 0 Å². The highest BCUT2D eigenvalue weighted by Crippen LogP contribution is 2.28. The Morgan fingerprint density at radius 3 is 3.00 bits per heavy atom. The second-order valence-corrected chi connectivity index (χ2v) is 7.82. The molecule has 1 fully saturated rings. The third kappa shape index (κ3) is 2.60. The van der Waals surface area contributed by atoms with Gasteiger partial charge in [0.2, 0.25) is 0 Å². The maximum atomic E-state index is 4.48. The molecule has 2 aliphatic rings. The Labute approximate surface area is 134 Å². The molecule has 0 aliphatic carbocycles. The number of thioether (sulfide) groups is 1. The van der Waals surface area contributed by atoms with Gasteiger partial charge >= 0.3 is 0 Å². The maximum Gasteiger partial charge on any atom is 0.133 e. The van der Waals surface area contributed by atoms with E-state index < -0.39 is 0 Å². The van der Waals surface area contributed by atoms with E-state index in [1.54, 1.807) is 0 Å². The van der Waals surface area contributed by atoms with Crippen molar-refractivity contribution in [3.05, 3.63) is 26.4 Å². The lowest BCUT2D eigenvalue weighted by Gasteiger charge is -2.34. The number of hydrogen-bond donors (Lipinski definition) is 0. The normalized spacial score (nSPS) is 20.8. The molecule has 18 heavy (non-hydrogen) atoms. The first kappa shape index (κ1) is 13.3. The Hall–Kier alpha value is 0.310. The standard InChI is InChI=1S/C12H15BrIN3S/c13-10-1-2-12-15-7-11(14)17(12)16(10)8-9-3-5-18-6-4-9/h1,7,9H,2-6,8H2. The monoisotopic (exact) mass is 439 g/mol.